The van der Waals surface area contributed by atoms with E-state index in [9.17, 15) is 14.4 Å². The first-order valence-corrected chi connectivity index (χ1v) is 14.4. The van der Waals surface area contributed by atoms with Crippen LogP contribution in [0.25, 0.3) is 5.70 Å². The van der Waals surface area contributed by atoms with Crippen molar-refractivity contribution in [2.24, 2.45) is 0 Å². The van der Waals surface area contributed by atoms with Gasteiger partial charge in [-0.1, -0.05) is 19.4 Å². The molecule has 0 fully saturated rings. The van der Waals surface area contributed by atoms with Crippen LogP contribution in [0.5, 0.6) is 11.5 Å². The number of carbonyl (C=O) groups is 3. The molecule has 0 aromatic heterocycles. The van der Waals surface area contributed by atoms with Crippen molar-refractivity contribution in [2.45, 2.75) is 51.4 Å². The van der Waals surface area contributed by atoms with E-state index in [1.165, 1.54) is 14.2 Å². The van der Waals surface area contributed by atoms with Gasteiger partial charge in [-0.3, -0.25) is 14.4 Å². The van der Waals surface area contributed by atoms with E-state index in [-0.39, 0.29) is 17.8 Å². The molecule has 1 amide bonds. The van der Waals surface area contributed by atoms with Gasteiger partial charge in [-0.15, -0.1) is 0 Å². The average molecular weight is 581 g/mol. The van der Waals surface area contributed by atoms with E-state index in [2.05, 4.69) is 26.7 Å². The lowest BCUT2D eigenvalue weighted by atomic mass is 10.1. The number of hydrogen-bond acceptors (Lipinski definition) is 8. The molecule has 0 radical (unpaired) electrons. The minimum Gasteiger partial charge on any atom is -0.490 e. The van der Waals surface area contributed by atoms with Gasteiger partial charge >= 0.3 is 11.9 Å². The molecule has 0 heterocycles. The second-order valence-electron chi connectivity index (χ2n) is 9.58. The maximum atomic E-state index is 12.3. The van der Waals surface area contributed by atoms with Crippen molar-refractivity contribution in [1.82, 2.24) is 10.6 Å². The molecule has 0 unspecified atom stereocenters. The molecule has 228 valence electrons. The molecular weight excluding hydrogens is 536 g/mol. The van der Waals surface area contributed by atoms with Crippen molar-refractivity contribution in [3.8, 4) is 11.5 Å². The fourth-order valence-corrected chi connectivity index (χ4v) is 3.87. The predicted molar refractivity (Wildman–Crippen MR) is 163 cm³/mol. The molecule has 9 nitrogen and oxygen atoms in total. The van der Waals surface area contributed by atoms with E-state index >= 15 is 0 Å². The first-order chi connectivity index (χ1) is 20.4. The number of methoxy groups -OCH3 is 2. The molecule has 2 rings (SSSR count). The van der Waals surface area contributed by atoms with Gasteiger partial charge < -0.3 is 29.6 Å². The van der Waals surface area contributed by atoms with Crippen LogP contribution < -0.4 is 20.1 Å². The number of rotatable bonds is 21. The first-order valence-electron chi connectivity index (χ1n) is 14.4. The van der Waals surface area contributed by atoms with Crippen molar-refractivity contribution in [2.75, 3.05) is 40.5 Å². The molecule has 2 aromatic carbocycles. The zero-order valence-electron chi connectivity index (χ0n) is 24.8. The highest BCUT2D eigenvalue weighted by atomic mass is 16.5. The van der Waals surface area contributed by atoms with E-state index in [0.717, 1.165) is 62.1 Å². The fourth-order valence-electron chi connectivity index (χ4n) is 3.87. The maximum Gasteiger partial charge on any atom is 0.305 e. The van der Waals surface area contributed by atoms with Gasteiger partial charge in [0, 0.05) is 37.2 Å². The number of unbranched alkanes of at least 4 members (excludes halogenated alkanes) is 4. The summed E-state index contributed by atoms with van der Waals surface area (Å²) in [4.78, 5) is 34.5. The Bertz CT molecular complexity index is 1040. The van der Waals surface area contributed by atoms with Crippen LogP contribution in [0.2, 0.25) is 0 Å². The minimum atomic E-state index is -0.207. The minimum absolute atomic E-state index is 0.135. The van der Waals surface area contributed by atoms with E-state index in [1.54, 1.807) is 24.3 Å². The van der Waals surface area contributed by atoms with Crippen molar-refractivity contribution < 1.29 is 33.3 Å². The van der Waals surface area contributed by atoms with Gasteiger partial charge in [-0.2, -0.15) is 0 Å². The Morgan fingerprint density at radius 1 is 0.643 bits per heavy atom. The molecule has 0 spiro atoms. The largest absolute Gasteiger partial charge is 0.490 e. The number of ether oxygens (including phenoxy) is 4. The van der Waals surface area contributed by atoms with Crippen LogP contribution in [-0.2, 0) is 19.1 Å². The van der Waals surface area contributed by atoms with Crippen molar-refractivity contribution in [1.29, 1.82) is 0 Å². The van der Waals surface area contributed by atoms with Crippen LogP contribution in [-0.4, -0.2) is 58.4 Å². The summed E-state index contributed by atoms with van der Waals surface area (Å²) in [6.07, 6.45) is 9.78. The molecule has 0 atom stereocenters. The van der Waals surface area contributed by atoms with Gasteiger partial charge in [0.05, 0.1) is 14.2 Å². The smallest absolute Gasteiger partial charge is 0.305 e. The van der Waals surface area contributed by atoms with E-state index in [4.69, 9.17) is 9.47 Å². The van der Waals surface area contributed by atoms with Crippen LogP contribution in [0.1, 0.15) is 67.3 Å². The second kappa shape index (κ2) is 20.6. The van der Waals surface area contributed by atoms with Gasteiger partial charge in [0.25, 0.3) is 5.91 Å². The van der Waals surface area contributed by atoms with Crippen molar-refractivity contribution in [3.05, 3.63) is 78.4 Å². The molecule has 0 bridgehead atoms. The van der Waals surface area contributed by atoms with Crippen molar-refractivity contribution >= 4 is 23.5 Å². The standard InChI is InChI=1S/C33H44N2O7/c1-26(34-22-8-4-6-12-31(36)39-2)27-14-18-29(19-15-27)41-24-10-11-25-42-30-20-16-28(17-21-30)33(38)35-23-9-5-7-13-32(37)40-3/h10-11,14-21,34H,1,4-9,12-13,22-25H2,2-3H3,(H,35,38)/b11-10-. The molecule has 0 aliphatic rings. The molecule has 0 saturated heterocycles. The lowest BCUT2D eigenvalue weighted by molar-refractivity contribution is -0.141. The maximum absolute atomic E-state index is 12.3. The summed E-state index contributed by atoms with van der Waals surface area (Å²) in [6.45, 7) is 6.24. The Labute approximate surface area is 249 Å². The summed E-state index contributed by atoms with van der Waals surface area (Å²) in [6, 6.07) is 14.7. The number of nitrogens with one attached hydrogen (secondary N) is 2. The van der Waals surface area contributed by atoms with Crippen LogP contribution in [0, 0.1) is 0 Å². The monoisotopic (exact) mass is 580 g/mol. The summed E-state index contributed by atoms with van der Waals surface area (Å²) in [7, 11) is 2.79. The van der Waals surface area contributed by atoms with Gasteiger partial charge in [-0.05, 0) is 91.9 Å². The van der Waals surface area contributed by atoms with Crippen LogP contribution >= 0.6 is 0 Å². The number of carbonyl (C=O) groups excluding carboxylic acids is 3. The number of esters is 2. The van der Waals surface area contributed by atoms with Crippen LogP contribution in [0.3, 0.4) is 0 Å². The Morgan fingerprint density at radius 2 is 1.10 bits per heavy atom. The Kier molecular flexibility index (Phi) is 16.6. The lowest BCUT2D eigenvalue weighted by Gasteiger charge is -2.11. The average Bonchev–Trinajstić information content (AvgIpc) is 3.02. The van der Waals surface area contributed by atoms with E-state index in [1.807, 2.05) is 36.4 Å². The van der Waals surface area contributed by atoms with Gasteiger partial charge in [-0.25, -0.2) is 0 Å². The Hall–Kier alpha value is -4.27. The van der Waals surface area contributed by atoms with Gasteiger partial charge in [0.1, 0.15) is 24.7 Å². The predicted octanol–water partition coefficient (Wildman–Crippen LogP) is 5.46. The molecule has 42 heavy (non-hydrogen) atoms. The van der Waals surface area contributed by atoms with Crippen LogP contribution in [0.15, 0.2) is 67.3 Å². The van der Waals surface area contributed by atoms with E-state index < -0.39 is 0 Å². The lowest BCUT2D eigenvalue weighted by Crippen LogP contribution is -2.24. The number of hydrogen-bond donors (Lipinski definition) is 2. The summed E-state index contributed by atoms with van der Waals surface area (Å²) in [5.74, 6) is 0.925. The zero-order valence-corrected chi connectivity index (χ0v) is 24.8. The molecule has 2 aromatic rings. The van der Waals surface area contributed by atoms with Crippen molar-refractivity contribution in [3.63, 3.8) is 0 Å². The fraction of sp³-hybridized carbons (Fsp3) is 0.424. The SMILES string of the molecule is C=C(NCCCCCC(=O)OC)c1ccc(OC/C=C\COc2ccc(C(=O)NCCCCCC(=O)OC)cc2)cc1. The normalized spacial score (nSPS) is 10.6. The number of amides is 1. The van der Waals surface area contributed by atoms with Crippen LogP contribution in [0.4, 0.5) is 0 Å². The quantitative estimate of drug-likeness (QED) is 0.114. The van der Waals surface area contributed by atoms with Gasteiger partial charge in [0.15, 0.2) is 0 Å². The summed E-state index contributed by atoms with van der Waals surface area (Å²) in [5.41, 5.74) is 2.42. The molecule has 0 aliphatic heterocycles. The summed E-state index contributed by atoms with van der Waals surface area (Å²) in [5, 5.41) is 6.21. The highest BCUT2D eigenvalue weighted by Crippen LogP contribution is 2.17. The third kappa shape index (κ3) is 14.4. The molecular formula is C33H44N2O7. The zero-order chi connectivity index (χ0) is 30.4. The highest BCUT2D eigenvalue weighted by molar-refractivity contribution is 5.94. The first kappa shape index (κ1) is 33.9. The topological polar surface area (TPSA) is 112 Å². The third-order valence-corrected chi connectivity index (χ3v) is 6.37. The third-order valence-electron chi connectivity index (χ3n) is 6.37. The highest BCUT2D eigenvalue weighted by Gasteiger charge is 2.06. The Morgan fingerprint density at radius 3 is 1.57 bits per heavy atom. The molecule has 9 heteroatoms. The molecule has 0 saturated carbocycles. The molecule has 0 aliphatic carbocycles. The summed E-state index contributed by atoms with van der Waals surface area (Å²) >= 11 is 0. The van der Waals surface area contributed by atoms with Gasteiger partial charge in [0.2, 0.25) is 0 Å². The number of benzene rings is 2. The summed E-state index contributed by atoms with van der Waals surface area (Å²) < 4.78 is 20.7. The Balaban J connectivity index is 1.57. The van der Waals surface area contributed by atoms with E-state index in [0.29, 0.717) is 43.9 Å². The molecule has 2 N–H and O–H groups in total. The second-order valence-corrected chi connectivity index (χ2v) is 9.58.